The van der Waals surface area contributed by atoms with E-state index in [9.17, 15) is 13.2 Å². The Morgan fingerprint density at radius 2 is 1.86 bits per heavy atom. The molecule has 0 aliphatic carbocycles. The summed E-state index contributed by atoms with van der Waals surface area (Å²) in [7, 11) is -0.232. The number of carbonyl (C=O) groups excluding carboxylic acids is 1. The van der Waals surface area contributed by atoms with Crippen molar-refractivity contribution >= 4 is 32.9 Å². The maximum atomic E-state index is 12.6. The number of aromatic nitrogens is 3. The standard InChI is InChI=1S/C26H26N4O5S/c1-16(17-5-7-23(34-2)24(12-17)35-3)30-25(31)8-6-18-14-28-26-21(18)11-19(15-29-26)22-13-20(9-10-27-22)36(4,32)33/h5-16H,1-4H3,(H,28,29)(H,30,31)/b8-6+/t16-/m1/s1. The fraction of sp³-hybridized carbons (Fsp3) is 0.192. The molecule has 186 valence electrons. The van der Waals surface area contributed by atoms with Crippen molar-refractivity contribution in [2.45, 2.75) is 17.9 Å². The van der Waals surface area contributed by atoms with Crippen LogP contribution < -0.4 is 14.8 Å². The highest BCUT2D eigenvalue weighted by atomic mass is 32.2. The number of aromatic amines is 1. The number of H-pyrrole nitrogens is 1. The molecule has 9 nitrogen and oxygen atoms in total. The molecule has 3 heterocycles. The molecule has 1 aromatic carbocycles. The number of nitrogens with one attached hydrogen (secondary N) is 2. The van der Waals surface area contributed by atoms with E-state index < -0.39 is 9.84 Å². The topological polar surface area (TPSA) is 123 Å². The molecule has 0 aliphatic rings. The van der Waals surface area contributed by atoms with E-state index in [0.29, 0.717) is 28.4 Å². The van der Waals surface area contributed by atoms with E-state index in [1.165, 1.54) is 24.4 Å². The van der Waals surface area contributed by atoms with Crippen LogP contribution in [0.5, 0.6) is 11.5 Å². The number of methoxy groups -OCH3 is 2. The molecule has 10 heteroatoms. The predicted octanol–water partition coefficient (Wildman–Crippen LogP) is 3.94. The minimum atomic E-state index is -3.36. The summed E-state index contributed by atoms with van der Waals surface area (Å²) in [6.07, 6.45) is 9.13. The number of hydrogen-bond acceptors (Lipinski definition) is 7. The van der Waals surface area contributed by atoms with Crippen molar-refractivity contribution in [2.75, 3.05) is 20.5 Å². The fourth-order valence-electron chi connectivity index (χ4n) is 3.73. The first-order valence-electron chi connectivity index (χ1n) is 11.0. The van der Waals surface area contributed by atoms with Gasteiger partial charge in [0.1, 0.15) is 5.65 Å². The van der Waals surface area contributed by atoms with Gasteiger partial charge in [-0.3, -0.25) is 9.78 Å². The van der Waals surface area contributed by atoms with Crippen LogP contribution in [-0.4, -0.2) is 49.8 Å². The van der Waals surface area contributed by atoms with E-state index in [4.69, 9.17) is 9.47 Å². The molecule has 3 aromatic heterocycles. The number of amides is 1. The van der Waals surface area contributed by atoms with E-state index in [1.54, 1.807) is 38.8 Å². The van der Waals surface area contributed by atoms with E-state index in [1.807, 2.05) is 25.1 Å². The Bertz CT molecular complexity index is 1560. The number of sulfone groups is 1. The lowest BCUT2D eigenvalue weighted by Crippen LogP contribution is -2.24. The lowest BCUT2D eigenvalue weighted by Gasteiger charge is -2.15. The SMILES string of the molecule is COc1ccc([C@@H](C)NC(=O)/C=C/c2c[nH]c3ncc(-c4cc(S(C)(=O)=O)ccn4)cc23)cc1OC. The van der Waals surface area contributed by atoms with Gasteiger partial charge in [0.25, 0.3) is 0 Å². The van der Waals surface area contributed by atoms with Crippen LogP contribution in [0.1, 0.15) is 24.1 Å². The summed E-state index contributed by atoms with van der Waals surface area (Å²) in [4.78, 5) is 24.6. The number of nitrogens with zero attached hydrogens (tertiary/aromatic N) is 2. The number of benzene rings is 1. The van der Waals surface area contributed by atoms with Gasteiger partial charge >= 0.3 is 0 Å². The Morgan fingerprint density at radius 3 is 2.58 bits per heavy atom. The molecule has 1 atom stereocenters. The van der Waals surface area contributed by atoms with Crippen LogP contribution in [0, 0.1) is 0 Å². The Morgan fingerprint density at radius 1 is 1.08 bits per heavy atom. The smallest absolute Gasteiger partial charge is 0.244 e. The molecule has 4 aromatic rings. The molecule has 0 saturated carbocycles. The van der Waals surface area contributed by atoms with Gasteiger partial charge in [0, 0.05) is 47.4 Å². The summed E-state index contributed by atoms with van der Waals surface area (Å²) >= 11 is 0. The minimum absolute atomic E-state index is 0.182. The summed E-state index contributed by atoms with van der Waals surface area (Å²) in [6, 6.07) is 10.1. The van der Waals surface area contributed by atoms with Gasteiger partial charge in [-0.15, -0.1) is 0 Å². The second-order valence-electron chi connectivity index (χ2n) is 8.19. The zero-order valence-electron chi connectivity index (χ0n) is 20.3. The average molecular weight is 507 g/mol. The molecule has 0 saturated heterocycles. The fourth-order valence-corrected chi connectivity index (χ4v) is 4.37. The third-order valence-corrected chi connectivity index (χ3v) is 6.81. The monoisotopic (exact) mass is 506 g/mol. The quantitative estimate of drug-likeness (QED) is 0.347. The highest BCUT2D eigenvalue weighted by molar-refractivity contribution is 7.90. The Hall–Kier alpha value is -4.18. The normalized spacial score (nSPS) is 12.6. The van der Waals surface area contributed by atoms with Gasteiger partial charge in [-0.1, -0.05) is 6.07 Å². The number of ether oxygens (including phenoxy) is 2. The zero-order chi connectivity index (χ0) is 25.9. The van der Waals surface area contributed by atoms with Crippen LogP contribution in [0.25, 0.3) is 28.4 Å². The summed E-state index contributed by atoms with van der Waals surface area (Å²) in [6.45, 7) is 1.88. The van der Waals surface area contributed by atoms with E-state index in [-0.39, 0.29) is 16.8 Å². The Balaban J connectivity index is 1.54. The van der Waals surface area contributed by atoms with Crippen LogP contribution in [0.3, 0.4) is 0 Å². The van der Waals surface area contributed by atoms with Crippen molar-refractivity contribution < 1.29 is 22.7 Å². The van der Waals surface area contributed by atoms with Gasteiger partial charge in [-0.25, -0.2) is 13.4 Å². The van der Waals surface area contributed by atoms with Gasteiger partial charge in [-0.05, 0) is 48.9 Å². The first kappa shape index (κ1) is 24.9. The third-order valence-electron chi connectivity index (χ3n) is 5.70. The summed E-state index contributed by atoms with van der Waals surface area (Å²) in [5.41, 5.74) is 3.42. The zero-order valence-corrected chi connectivity index (χ0v) is 21.1. The number of pyridine rings is 2. The van der Waals surface area contributed by atoms with Crippen molar-refractivity contribution in [1.29, 1.82) is 0 Å². The number of rotatable bonds is 8. The van der Waals surface area contributed by atoms with Crippen LogP contribution in [0.15, 0.2) is 66.0 Å². The molecule has 0 spiro atoms. The maximum absolute atomic E-state index is 12.6. The second-order valence-corrected chi connectivity index (χ2v) is 10.2. The molecule has 0 aliphatic heterocycles. The molecule has 0 radical (unpaired) electrons. The molecular weight excluding hydrogens is 480 g/mol. The lowest BCUT2D eigenvalue weighted by atomic mass is 10.1. The number of carbonyl (C=O) groups is 1. The van der Waals surface area contributed by atoms with E-state index >= 15 is 0 Å². The van der Waals surface area contributed by atoms with Crippen molar-refractivity contribution in [3.63, 3.8) is 0 Å². The van der Waals surface area contributed by atoms with Crippen molar-refractivity contribution in [3.05, 3.63) is 72.2 Å². The third kappa shape index (κ3) is 5.38. The Kier molecular flexibility index (Phi) is 7.07. The molecule has 2 N–H and O–H groups in total. The summed E-state index contributed by atoms with van der Waals surface area (Å²) < 4.78 is 34.4. The minimum Gasteiger partial charge on any atom is -0.493 e. The van der Waals surface area contributed by atoms with Gasteiger partial charge < -0.3 is 19.8 Å². The van der Waals surface area contributed by atoms with Crippen LogP contribution in [0.4, 0.5) is 0 Å². The van der Waals surface area contributed by atoms with Crippen LogP contribution >= 0.6 is 0 Å². The van der Waals surface area contributed by atoms with E-state index in [0.717, 1.165) is 22.8 Å². The molecular formula is C26H26N4O5S. The Labute approximate surface area is 209 Å². The maximum Gasteiger partial charge on any atom is 0.244 e. The largest absolute Gasteiger partial charge is 0.493 e. The molecule has 0 unspecified atom stereocenters. The van der Waals surface area contributed by atoms with Gasteiger partial charge in [0.2, 0.25) is 5.91 Å². The number of fused-ring (bicyclic) bond motifs is 1. The van der Waals surface area contributed by atoms with Crippen molar-refractivity contribution in [2.24, 2.45) is 0 Å². The molecule has 0 bridgehead atoms. The van der Waals surface area contributed by atoms with Crippen LogP contribution in [-0.2, 0) is 14.6 Å². The van der Waals surface area contributed by atoms with Crippen molar-refractivity contribution in [1.82, 2.24) is 20.3 Å². The molecule has 0 fully saturated rings. The molecule has 4 rings (SSSR count). The van der Waals surface area contributed by atoms with E-state index in [2.05, 4.69) is 20.3 Å². The highest BCUT2D eigenvalue weighted by Crippen LogP contribution is 2.30. The summed E-state index contributed by atoms with van der Waals surface area (Å²) in [5, 5.41) is 3.71. The predicted molar refractivity (Wildman–Crippen MR) is 138 cm³/mol. The average Bonchev–Trinajstić information content (AvgIpc) is 3.28. The van der Waals surface area contributed by atoms with Gasteiger partial charge in [-0.2, -0.15) is 0 Å². The second kappa shape index (κ2) is 10.2. The lowest BCUT2D eigenvalue weighted by molar-refractivity contribution is -0.117. The molecule has 1 amide bonds. The summed E-state index contributed by atoms with van der Waals surface area (Å²) in [5.74, 6) is 0.939. The first-order valence-corrected chi connectivity index (χ1v) is 12.9. The molecule has 36 heavy (non-hydrogen) atoms. The van der Waals surface area contributed by atoms with Crippen LogP contribution in [0.2, 0.25) is 0 Å². The van der Waals surface area contributed by atoms with Gasteiger partial charge in [0.05, 0.1) is 30.9 Å². The van der Waals surface area contributed by atoms with Gasteiger partial charge in [0.15, 0.2) is 21.3 Å². The number of hydrogen-bond donors (Lipinski definition) is 2. The first-order chi connectivity index (χ1) is 17.2. The van der Waals surface area contributed by atoms with Crippen molar-refractivity contribution in [3.8, 4) is 22.8 Å². The highest BCUT2D eigenvalue weighted by Gasteiger charge is 2.13.